The standard InChI is InChI=1S/C12H19N3O2/c1-2-16-11-6-12(15-8-14-11)17-10-5-3-4-9(10)7-13/h6,8-10H,2-5,7,13H2,1H3. The molecule has 2 unspecified atom stereocenters. The van der Waals surface area contributed by atoms with Gasteiger partial charge in [0.1, 0.15) is 12.4 Å². The minimum Gasteiger partial charge on any atom is -0.478 e. The van der Waals surface area contributed by atoms with Crippen molar-refractivity contribution in [2.75, 3.05) is 13.2 Å². The quantitative estimate of drug-likeness (QED) is 0.837. The molecule has 2 atom stereocenters. The minimum atomic E-state index is 0.185. The highest BCUT2D eigenvalue weighted by atomic mass is 16.5. The number of hydrogen-bond acceptors (Lipinski definition) is 5. The summed E-state index contributed by atoms with van der Waals surface area (Å²) in [6.45, 7) is 3.18. The summed E-state index contributed by atoms with van der Waals surface area (Å²) in [6, 6.07) is 1.73. The van der Waals surface area contributed by atoms with Crippen molar-refractivity contribution in [2.24, 2.45) is 11.7 Å². The van der Waals surface area contributed by atoms with Crippen molar-refractivity contribution in [1.82, 2.24) is 9.97 Å². The van der Waals surface area contributed by atoms with Gasteiger partial charge in [-0.05, 0) is 32.7 Å². The first-order valence-electron chi connectivity index (χ1n) is 6.15. The molecule has 1 aliphatic rings. The highest BCUT2D eigenvalue weighted by molar-refractivity contribution is 5.18. The first-order valence-corrected chi connectivity index (χ1v) is 6.15. The van der Waals surface area contributed by atoms with Crippen LogP contribution in [0.2, 0.25) is 0 Å². The molecule has 0 spiro atoms. The average molecular weight is 237 g/mol. The lowest BCUT2D eigenvalue weighted by atomic mass is 10.1. The maximum absolute atomic E-state index is 5.85. The second-order valence-corrected chi connectivity index (χ2v) is 4.21. The number of ether oxygens (including phenoxy) is 2. The number of nitrogens with two attached hydrogens (primary N) is 1. The lowest BCUT2D eigenvalue weighted by molar-refractivity contribution is 0.154. The summed E-state index contributed by atoms with van der Waals surface area (Å²) in [7, 11) is 0. The van der Waals surface area contributed by atoms with E-state index in [9.17, 15) is 0 Å². The van der Waals surface area contributed by atoms with Crippen LogP contribution in [0.4, 0.5) is 0 Å². The molecule has 2 N–H and O–H groups in total. The summed E-state index contributed by atoms with van der Waals surface area (Å²) in [5.74, 6) is 1.58. The SMILES string of the molecule is CCOc1cc(OC2CCCC2CN)ncn1. The van der Waals surface area contributed by atoms with Crippen molar-refractivity contribution >= 4 is 0 Å². The fourth-order valence-electron chi connectivity index (χ4n) is 2.20. The molecule has 17 heavy (non-hydrogen) atoms. The summed E-state index contributed by atoms with van der Waals surface area (Å²) in [5, 5.41) is 0. The smallest absolute Gasteiger partial charge is 0.220 e. The van der Waals surface area contributed by atoms with Crippen LogP contribution in [0.25, 0.3) is 0 Å². The minimum absolute atomic E-state index is 0.185. The molecule has 2 rings (SSSR count). The molecule has 1 aliphatic carbocycles. The summed E-state index contributed by atoms with van der Waals surface area (Å²) in [6.07, 6.45) is 5.02. The van der Waals surface area contributed by atoms with Gasteiger partial charge < -0.3 is 15.2 Å². The van der Waals surface area contributed by atoms with Gasteiger partial charge in [0.15, 0.2) is 0 Å². The van der Waals surface area contributed by atoms with Gasteiger partial charge >= 0.3 is 0 Å². The van der Waals surface area contributed by atoms with E-state index >= 15 is 0 Å². The van der Waals surface area contributed by atoms with Crippen LogP contribution in [0, 0.1) is 5.92 Å². The topological polar surface area (TPSA) is 70.3 Å². The molecule has 1 heterocycles. The van der Waals surface area contributed by atoms with E-state index in [0.717, 1.165) is 12.8 Å². The first-order chi connectivity index (χ1) is 8.33. The third-order valence-electron chi connectivity index (χ3n) is 3.07. The molecule has 0 radical (unpaired) electrons. The van der Waals surface area contributed by atoms with Gasteiger partial charge in [0, 0.05) is 5.92 Å². The van der Waals surface area contributed by atoms with E-state index in [1.807, 2.05) is 6.92 Å². The lowest BCUT2D eigenvalue weighted by Gasteiger charge is -2.19. The Morgan fingerprint density at radius 3 is 2.94 bits per heavy atom. The zero-order valence-electron chi connectivity index (χ0n) is 10.1. The Morgan fingerprint density at radius 2 is 2.18 bits per heavy atom. The van der Waals surface area contributed by atoms with Crippen molar-refractivity contribution in [3.63, 3.8) is 0 Å². The normalized spacial score (nSPS) is 23.6. The van der Waals surface area contributed by atoms with E-state index < -0.39 is 0 Å². The van der Waals surface area contributed by atoms with Crippen molar-refractivity contribution in [1.29, 1.82) is 0 Å². The Labute approximate surface area is 101 Å². The van der Waals surface area contributed by atoms with E-state index in [4.69, 9.17) is 15.2 Å². The van der Waals surface area contributed by atoms with Crippen molar-refractivity contribution in [2.45, 2.75) is 32.3 Å². The van der Waals surface area contributed by atoms with Crippen LogP contribution in [-0.2, 0) is 0 Å². The van der Waals surface area contributed by atoms with Crippen molar-refractivity contribution in [3.8, 4) is 11.8 Å². The van der Waals surface area contributed by atoms with Gasteiger partial charge in [0.2, 0.25) is 11.8 Å². The van der Waals surface area contributed by atoms with Gasteiger partial charge in [0.25, 0.3) is 0 Å². The first kappa shape index (κ1) is 12.1. The monoisotopic (exact) mass is 237 g/mol. The molecule has 1 aromatic heterocycles. The van der Waals surface area contributed by atoms with Gasteiger partial charge in [-0.15, -0.1) is 0 Å². The fraction of sp³-hybridized carbons (Fsp3) is 0.667. The Hall–Kier alpha value is -1.36. The maximum Gasteiger partial charge on any atom is 0.220 e. The number of hydrogen-bond donors (Lipinski definition) is 1. The van der Waals surface area contributed by atoms with E-state index in [2.05, 4.69) is 9.97 Å². The third kappa shape index (κ3) is 3.06. The molecule has 1 fully saturated rings. The fourth-order valence-corrected chi connectivity index (χ4v) is 2.20. The van der Waals surface area contributed by atoms with Crippen LogP contribution in [0.5, 0.6) is 11.8 Å². The lowest BCUT2D eigenvalue weighted by Crippen LogP contribution is -2.27. The molecule has 0 amide bonds. The van der Waals surface area contributed by atoms with Crippen LogP contribution < -0.4 is 15.2 Å². The van der Waals surface area contributed by atoms with Gasteiger partial charge in [-0.3, -0.25) is 0 Å². The van der Waals surface area contributed by atoms with Crippen LogP contribution in [0.3, 0.4) is 0 Å². The van der Waals surface area contributed by atoms with E-state index in [0.29, 0.717) is 30.8 Å². The number of aromatic nitrogens is 2. The molecule has 1 saturated carbocycles. The van der Waals surface area contributed by atoms with E-state index in [1.165, 1.54) is 12.7 Å². The zero-order chi connectivity index (χ0) is 12.1. The Bertz CT molecular complexity index is 359. The molecule has 0 aromatic carbocycles. The van der Waals surface area contributed by atoms with Gasteiger partial charge in [-0.25, -0.2) is 9.97 Å². The Morgan fingerprint density at radius 1 is 1.35 bits per heavy atom. The summed E-state index contributed by atoms with van der Waals surface area (Å²) in [4.78, 5) is 8.10. The molecule has 0 aliphatic heterocycles. The van der Waals surface area contributed by atoms with Gasteiger partial charge in [0.05, 0.1) is 12.7 Å². The molecule has 94 valence electrons. The zero-order valence-corrected chi connectivity index (χ0v) is 10.1. The molecular weight excluding hydrogens is 218 g/mol. The molecule has 5 nitrogen and oxygen atoms in total. The number of rotatable bonds is 5. The highest BCUT2D eigenvalue weighted by Crippen LogP contribution is 2.28. The molecule has 0 saturated heterocycles. The summed E-state index contributed by atoms with van der Waals surface area (Å²) >= 11 is 0. The third-order valence-corrected chi connectivity index (χ3v) is 3.07. The second-order valence-electron chi connectivity index (χ2n) is 4.21. The van der Waals surface area contributed by atoms with Crippen molar-refractivity contribution in [3.05, 3.63) is 12.4 Å². The highest BCUT2D eigenvalue weighted by Gasteiger charge is 2.28. The van der Waals surface area contributed by atoms with Crippen LogP contribution in [0.15, 0.2) is 12.4 Å². The van der Waals surface area contributed by atoms with Crippen LogP contribution in [-0.4, -0.2) is 29.2 Å². The summed E-state index contributed by atoms with van der Waals surface area (Å²) < 4.78 is 11.2. The molecule has 0 bridgehead atoms. The molecule has 5 heteroatoms. The van der Waals surface area contributed by atoms with Gasteiger partial charge in [-0.2, -0.15) is 0 Å². The second kappa shape index (κ2) is 5.82. The van der Waals surface area contributed by atoms with Gasteiger partial charge in [-0.1, -0.05) is 0 Å². The predicted molar refractivity (Wildman–Crippen MR) is 64.0 cm³/mol. The largest absolute Gasteiger partial charge is 0.478 e. The van der Waals surface area contributed by atoms with Crippen LogP contribution >= 0.6 is 0 Å². The molecular formula is C12H19N3O2. The predicted octanol–water partition coefficient (Wildman–Crippen LogP) is 1.38. The van der Waals surface area contributed by atoms with E-state index in [-0.39, 0.29) is 6.10 Å². The Kier molecular flexibility index (Phi) is 4.14. The Balaban J connectivity index is 2.00. The summed E-state index contributed by atoms with van der Waals surface area (Å²) in [5.41, 5.74) is 5.72. The number of nitrogens with zero attached hydrogens (tertiary/aromatic N) is 2. The van der Waals surface area contributed by atoms with Crippen LogP contribution in [0.1, 0.15) is 26.2 Å². The van der Waals surface area contributed by atoms with E-state index in [1.54, 1.807) is 6.07 Å². The maximum atomic E-state index is 5.85. The average Bonchev–Trinajstić information content (AvgIpc) is 2.77. The van der Waals surface area contributed by atoms with Crippen molar-refractivity contribution < 1.29 is 9.47 Å². The molecule has 1 aromatic rings.